The normalized spacial score (nSPS) is 11.1. The lowest BCUT2D eigenvalue weighted by Crippen LogP contribution is -2.09. The van der Waals surface area contributed by atoms with Crippen LogP contribution in [0.5, 0.6) is 0 Å². The number of nitrogen functional groups attached to an aromatic ring is 1. The molecule has 0 aliphatic carbocycles. The van der Waals surface area contributed by atoms with E-state index in [0.717, 1.165) is 30.7 Å². The summed E-state index contributed by atoms with van der Waals surface area (Å²) in [5.74, 6) is 0.982. The molecule has 16 heavy (non-hydrogen) atoms. The van der Waals surface area contributed by atoms with Crippen LogP contribution in [0.25, 0.3) is 5.52 Å². The van der Waals surface area contributed by atoms with E-state index in [4.69, 9.17) is 17.3 Å². The van der Waals surface area contributed by atoms with Crippen molar-refractivity contribution in [2.45, 2.75) is 12.8 Å². The number of rotatable bonds is 4. The van der Waals surface area contributed by atoms with E-state index in [0.29, 0.717) is 10.8 Å². The van der Waals surface area contributed by atoms with Crippen LogP contribution in [0.15, 0.2) is 18.3 Å². The predicted molar refractivity (Wildman–Crippen MR) is 66.9 cm³/mol. The van der Waals surface area contributed by atoms with Gasteiger partial charge in [-0.1, -0.05) is 11.6 Å². The van der Waals surface area contributed by atoms with Gasteiger partial charge in [0.15, 0.2) is 5.15 Å². The van der Waals surface area contributed by atoms with Gasteiger partial charge in [0.05, 0.1) is 5.52 Å². The highest BCUT2D eigenvalue weighted by atomic mass is 35.5. The van der Waals surface area contributed by atoms with Gasteiger partial charge >= 0.3 is 0 Å². The number of nitrogens with two attached hydrogens (primary N) is 1. The number of hydrogen-bond acceptors (Lipinski definition) is 3. The third-order valence-corrected chi connectivity index (χ3v) is 2.80. The lowest BCUT2D eigenvalue weighted by Gasteiger charge is -2.01. The predicted octanol–water partition coefficient (Wildman–Crippen LogP) is 1.72. The van der Waals surface area contributed by atoms with Crippen LogP contribution in [0, 0.1) is 0 Å². The maximum Gasteiger partial charge on any atom is 0.155 e. The maximum atomic E-state index is 6.06. The molecule has 0 radical (unpaired) electrons. The van der Waals surface area contributed by atoms with Crippen LogP contribution in [0.2, 0.25) is 5.15 Å². The van der Waals surface area contributed by atoms with Crippen molar-refractivity contribution in [3.63, 3.8) is 0 Å². The van der Waals surface area contributed by atoms with Crippen LogP contribution >= 0.6 is 11.6 Å². The molecule has 4 nitrogen and oxygen atoms in total. The number of halogens is 1. The van der Waals surface area contributed by atoms with Crippen molar-refractivity contribution in [3.8, 4) is 0 Å². The number of fused-ring (bicyclic) bond motifs is 1. The van der Waals surface area contributed by atoms with Crippen molar-refractivity contribution < 1.29 is 0 Å². The molecule has 86 valence electrons. The fraction of sp³-hybridized carbons (Fsp3) is 0.364. The van der Waals surface area contributed by atoms with Crippen molar-refractivity contribution in [2.75, 3.05) is 19.3 Å². The Hall–Kier alpha value is -1.26. The van der Waals surface area contributed by atoms with Crippen LogP contribution in [-0.4, -0.2) is 23.0 Å². The third-order valence-electron chi connectivity index (χ3n) is 2.52. The highest BCUT2D eigenvalue weighted by Crippen LogP contribution is 2.21. The van der Waals surface area contributed by atoms with Crippen molar-refractivity contribution >= 4 is 22.8 Å². The Morgan fingerprint density at radius 1 is 1.56 bits per heavy atom. The summed E-state index contributed by atoms with van der Waals surface area (Å²) >= 11 is 6.06. The Balaban J connectivity index is 2.32. The molecule has 0 amide bonds. The zero-order chi connectivity index (χ0) is 11.5. The Labute approximate surface area is 99.4 Å². The zero-order valence-corrected chi connectivity index (χ0v) is 9.96. The van der Waals surface area contributed by atoms with E-state index < -0.39 is 0 Å². The first kappa shape index (κ1) is 11.2. The lowest BCUT2D eigenvalue weighted by atomic mass is 10.3. The Morgan fingerprint density at radius 2 is 2.38 bits per heavy atom. The molecule has 5 heteroatoms. The minimum atomic E-state index is 0.520. The number of anilines is 1. The van der Waals surface area contributed by atoms with Gasteiger partial charge in [0, 0.05) is 18.3 Å². The van der Waals surface area contributed by atoms with Crippen LogP contribution in [0.3, 0.4) is 0 Å². The number of imidazole rings is 1. The summed E-state index contributed by atoms with van der Waals surface area (Å²) in [6.45, 7) is 0.974. The van der Waals surface area contributed by atoms with Crippen molar-refractivity contribution in [1.82, 2.24) is 14.7 Å². The molecule has 0 fully saturated rings. The first-order valence-corrected chi connectivity index (χ1v) is 5.66. The summed E-state index contributed by atoms with van der Waals surface area (Å²) < 4.78 is 1.99. The second-order valence-corrected chi connectivity index (χ2v) is 4.10. The first-order valence-electron chi connectivity index (χ1n) is 5.29. The molecule has 2 rings (SSSR count). The summed E-state index contributed by atoms with van der Waals surface area (Å²) in [6, 6.07) is 3.70. The second kappa shape index (κ2) is 4.72. The van der Waals surface area contributed by atoms with Crippen LogP contribution in [0.4, 0.5) is 5.69 Å². The number of aromatic nitrogens is 2. The molecule has 3 N–H and O–H groups in total. The van der Waals surface area contributed by atoms with E-state index in [1.807, 2.05) is 29.8 Å². The molecule has 0 aliphatic rings. The van der Waals surface area contributed by atoms with Gasteiger partial charge in [-0.3, -0.25) is 0 Å². The highest BCUT2D eigenvalue weighted by Gasteiger charge is 2.08. The van der Waals surface area contributed by atoms with Gasteiger partial charge < -0.3 is 15.5 Å². The first-order chi connectivity index (χ1) is 7.72. The molecule has 0 aromatic carbocycles. The summed E-state index contributed by atoms with van der Waals surface area (Å²) in [5.41, 5.74) is 7.29. The molecule has 0 saturated carbocycles. The third kappa shape index (κ3) is 2.13. The van der Waals surface area contributed by atoms with Crippen LogP contribution in [0.1, 0.15) is 12.2 Å². The van der Waals surface area contributed by atoms with E-state index in [2.05, 4.69) is 10.3 Å². The van der Waals surface area contributed by atoms with Gasteiger partial charge in [0.1, 0.15) is 5.82 Å². The molecule has 0 bridgehead atoms. The Morgan fingerprint density at radius 3 is 3.12 bits per heavy atom. The van der Waals surface area contributed by atoms with E-state index in [-0.39, 0.29) is 0 Å². The van der Waals surface area contributed by atoms with E-state index in [9.17, 15) is 0 Å². The van der Waals surface area contributed by atoms with E-state index in [1.54, 1.807) is 0 Å². The molecule has 2 aromatic heterocycles. The van der Waals surface area contributed by atoms with Gasteiger partial charge in [-0.15, -0.1) is 0 Å². The molecule has 0 saturated heterocycles. The minimum absolute atomic E-state index is 0.520. The smallest absolute Gasteiger partial charge is 0.155 e. The zero-order valence-electron chi connectivity index (χ0n) is 9.20. The van der Waals surface area contributed by atoms with Gasteiger partial charge in [0.25, 0.3) is 0 Å². The topological polar surface area (TPSA) is 55.3 Å². The summed E-state index contributed by atoms with van der Waals surface area (Å²) in [6.07, 6.45) is 3.85. The van der Waals surface area contributed by atoms with Gasteiger partial charge in [-0.25, -0.2) is 4.98 Å². The number of nitrogens with zero attached hydrogens (tertiary/aromatic N) is 2. The summed E-state index contributed by atoms with van der Waals surface area (Å²) in [7, 11) is 1.94. The molecule has 0 atom stereocenters. The van der Waals surface area contributed by atoms with Crippen molar-refractivity contribution in [2.24, 2.45) is 0 Å². The summed E-state index contributed by atoms with van der Waals surface area (Å²) in [5, 5.41) is 3.63. The molecular formula is C11H15ClN4. The number of aryl methyl sites for hydroxylation is 1. The van der Waals surface area contributed by atoms with Gasteiger partial charge in [0.2, 0.25) is 0 Å². The summed E-state index contributed by atoms with van der Waals surface area (Å²) in [4.78, 5) is 4.35. The standard InChI is InChI=1S/C11H15ClN4/c1-14-5-2-3-10-15-11(12)9-7-8(13)4-6-16(9)10/h4,6-7,14H,2-3,5,13H2,1H3. The van der Waals surface area contributed by atoms with E-state index >= 15 is 0 Å². The van der Waals surface area contributed by atoms with E-state index in [1.165, 1.54) is 0 Å². The Kier molecular flexibility index (Phi) is 3.31. The maximum absolute atomic E-state index is 6.06. The van der Waals surface area contributed by atoms with Crippen LogP contribution < -0.4 is 11.1 Å². The fourth-order valence-corrected chi connectivity index (χ4v) is 1.97. The molecule has 0 unspecified atom stereocenters. The molecule has 2 heterocycles. The SMILES string of the molecule is CNCCCc1nc(Cl)c2cc(N)ccn12. The number of pyridine rings is 1. The lowest BCUT2D eigenvalue weighted by molar-refractivity contribution is 0.701. The largest absolute Gasteiger partial charge is 0.399 e. The molecular weight excluding hydrogens is 224 g/mol. The second-order valence-electron chi connectivity index (χ2n) is 3.74. The van der Waals surface area contributed by atoms with Crippen LogP contribution in [-0.2, 0) is 6.42 Å². The van der Waals surface area contributed by atoms with Crippen molar-refractivity contribution in [3.05, 3.63) is 29.3 Å². The average molecular weight is 239 g/mol. The Bertz CT molecular complexity index is 492. The quantitative estimate of drug-likeness (QED) is 0.798. The van der Waals surface area contributed by atoms with Gasteiger partial charge in [-0.2, -0.15) is 0 Å². The van der Waals surface area contributed by atoms with Gasteiger partial charge in [-0.05, 0) is 32.1 Å². The molecule has 0 spiro atoms. The fourth-order valence-electron chi connectivity index (χ4n) is 1.72. The number of hydrogen-bond donors (Lipinski definition) is 2. The molecule has 2 aromatic rings. The number of nitrogens with one attached hydrogen (secondary N) is 1. The average Bonchev–Trinajstić information content (AvgIpc) is 2.56. The minimum Gasteiger partial charge on any atom is -0.399 e. The van der Waals surface area contributed by atoms with Crippen molar-refractivity contribution in [1.29, 1.82) is 0 Å². The monoisotopic (exact) mass is 238 g/mol. The highest BCUT2D eigenvalue weighted by molar-refractivity contribution is 6.32. The molecule has 0 aliphatic heterocycles.